The minimum absolute atomic E-state index is 0.0503. The molecule has 0 spiro atoms. The molecule has 0 heterocycles. The van der Waals surface area contributed by atoms with Crippen molar-refractivity contribution in [2.24, 2.45) is 0 Å². The molecule has 0 aliphatic carbocycles. The maximum Gasteiger partial charge on any atom is 0.335 e. The van der Waals surface area contributed by atoms with Crippen molar-refractivity contribution in [2.45, 2.75) is 33.1 Å². The molecular formula is C15H20O8. The van der Waals surface area contributed by atoms with Crippen molar-refractivity contribution in [3.05, 3.63) is 24.3 Å². The van der Waals surface area contributed by atoms with E-state index in [2.05, 4.69) is 32.1 Å². The summed E-state index contributed by atoms with van der Waals surface area (Å²) in [5, 5.41) is 0. The Bertz CT molecular complexity index is 448. The highest BCUT2D eigenvalue weighted by Gasteiger charge is 2.10. The number of carbonyl (C=O) groups is 4. The van der Waals surface area contributed by atoms with Gasteiger partial charge in [0.05, 0.1) is 0 Å². The maximum atomic E-state index is 11.3. The second-order valence-electron chi connectivity index (χ2n) is 4.55. The lowest BCUT2D eigenvalue weighted by molar-refractivity contribution is -0.164. The average Bonchev–Trinajstić information content (AvgIpc) is 2.46. The highest BCUT2D eigenvalue weighted by atomic mass is 16.7. The Balaban J connectivity index is 3.69. The molecule has 0 unspecified atom stereocenters. The van der Waals surface area contributed by atoms with Crippen molar-refractivity contribution in [3.63, 3.8) is 0 Å². The first-order chi connectivity index (χ1) is 10.7. The first kappa shape index (κ1) is 20.4. The molecule has 0 aromatic rings. The van der Waals surface area contributed by atoms with Gasteiger partial charge in [-0.15, -0.1) is 0 Å². The van der Waals surface area contributed by atoms with Crippen LogP contribution in [0.15, 0.2) is 24.3 Å². The van der Waals surface area contributed by atoms with E-state index >= 15 is 0 Å². The molecule has 128 valence electrons. The van der Waals surface area contributed by atoms with E-state index in [1.807, 2.05) is 0 Å². The minimum Gasteiger partial charge on any atom is -0.428 e. The van der Waals surface area contributed by atoms with Gasteiger partial charge in [0.25, 0.3) is 0 Å². The van der Waals surface area contributed by atoms with Crippen LogP contribution >= 0.6 is 0 Å². The maximum absolute atomic E-state index is 11.3. The molecule has 23 heavy (non-hydrogen) atoms. The lowest BCUT2D eigenvalue weighted by atomic mass is 10.2. The fourth-order valence-corrected chi connectivity index (χ4v) is 1.07. The summed E-state index contributed by atoms with van der Waals surface area (Å²) in [6, 6.07) is 0. The van der Waals surface area contributed by atoms with Crippen molar-refractivity contribution in [1.82, 2.24) is 0 Å². The highest BCUT2D eigenvalue weighted by molar-refractivity contribution is 5.87. The molecule has 0 N–H and O–H groups in total. The van der Waals surface area contributed by atoms with E-state index in [0.29, 0.717) is 0 Å². The largest absolute Gasteiger partial charge is 0.428 e. The summed E-state index contributed by atoms with van der Waals surface area (Å²) in [6.45, 7) is 8.64. The molecule has 8 nitrogen and oxygen atoms in total. The van der Waals surface area contributed by atoms with Gasteiger partial charge in [-0.1, -0.05) is 13.2 Å². The number of hydrogen-bond acceptors (Lipinski definition) is 8. The van der Waals surface area contributed by atoms with E-state index in [-0.39, 0.29) is 30.4 Å². The van der Waals surface area contributed by atoms with Crippen LogP contribution in [0.3, 0.4) is 0 Å². The fraction of sp³-hybridized carbons (Fsp3) is 0.467. The number of carbonyl (C=O) groups excluding carboxylic acids is 4. The molecule has 0 aromatic carbocycles. The van der Waals surface area contributed by atoms with Crippen molar-refractivity contribution in [1.29, 1.82) is 0 Å². The number of rotatable bonds is 10. The average molecular weight is 328 g/mol. The molecule has 0 aliphatic heterocycles. The molecule has 0 amide bonds. The summed E-state index contributed by atoms with van der Waals surface area (Å²) in [7, 11) is 0. The Kier molecular flexibility index (Phi) is 9.74. The molecule has 0 fully saturated rings. The van der Waals surface area contributed by atoms with Crippen LogP contribution in [0.5, 0.6) is 0 Å². The van der Waals surface area contributed by atoms with Crippen LogP contribution in [0, 0.1) is 0 Å². The van der Waals surface area contributed by atoms with E-state index in [4.69, 9.17) is 0 Å². The summed E-state index contributed by atoms with van der Waals surface area (Å²) in [6.07, 6.45) is 0.0804. The molecule has 8 heteroatoms. The topological polar surface area (TPSA) is 105 Å². The second kappa shape index (κ2) is 11.0. The van der Waals surface area contributed by atoms with Gasteiger partial charge in [0.15, 0.2) is 0 Å². The van der Waals surface area contributed by atoms with Gasteiger partial charge in [0.2, 0.25) is 13.6 Å². The van der Waals surface area contributed by atoms with Crippen molar-refractivity contribution in [3.8, 4) is 0 Å². The Morgan fingerprint density at radius 3 is 1.35 bits per heavy atom. The fourth-order valence-electron chi connectivity index (χ4n) is 1.07. The van der Waals surface area contributed by atoms with Crippen molar-refractivity contribution < 1.29 is 38.1 Å². The molecule has 0 aromatic heterocycles. The third kappa shape index (κ3) is 10.7. The summed E-state index contributed by atoms with van der Waals surface area (Å²) in [5.74, 6) is -2.57. The zero-order valence-electron chi connectivity index (χ0n) is 13.2. The third-order valence-corrected chi connectivity index (χ3v) is 2.28. The summed E-state index contributed by atoms with van der Waals surface area (Å²) < 4.78 is 18.4. The van der Waals surface area contributed by atoms with Gasteiger partial charge < -0.3 is 18.9 Å². The van der Waals surface area contributed by atoms with E-state index in [1.165, 1.54) is 13.8 Å². The Hall–Kier alpha value is -2.64. The minimum atomic E-state index is -0.661. The summed E-state index contributed by atoms with van der Waals surface area (Å²) in [4.78, 5) is 44.6. The second-order valence-corrected chi connectivity index (χ2v) is 4.55. The van der Waals surface area contributed by atoms with E-state index in [1.54, 1.807) is 0 Å². The van der Waals surface area contributed by atoms with Crippen molar-refractivity contribution in [2.75, 3.05) is 13.6 Å². The van der Waals surface area contributed by atoms with E-state index in [0.717, 1.165) is 0 Å². The highest BCUT2D eigenvalue weighted by Crippen LogP contribution is 2.01. The molecule has 0 saturated heterocycles. The molecule has 0 atom stereocenters. The Morgan fingerprint density at radius 2 is 1.04 bits per heavy atom. The van der Waals surface area contributed by atoms with Crippen LogP contribution in [-0.4, -0.2) is 37.5 Å². The monoisotopic (exact) mass is 328 g/mol. The van der Waals surface area contributed by atoms with Crippen LogP contribution in [0.25, 0.3) is 0 Å². The molecule has 0 bridgehead atoms. The van der Waals surface area contributed by atoms with Crippen LogP contribution in [0.4, 0.5) is 0 Å². The van der Waals surface area contributed by atoms with Gasteiger partial charge in [-0.3, -0.25) is 9.59 Å². The molecule has 0 saturated carbocycles. The Morgan fingerprint density at radius 1 is 0.696 bits per heavy atom. The third-order valence-electron chi connectivity index (χ3n) is 2.28. The van der Waals surface area contributed by atoms with Crippen molar-refractivity contribution >= 4 is 23.9 Å². The molecule has 0 aliphatic rings. The first-order valence-corrected chi connectivity index (χ1v) is 6.70. The van der Waals surface area contributed by atoms with E-state index < -0.39 is 37.5 Å². The first-order valence-electron chi connectivity index (χ1n) is 6.70. The molecule has 0 rings (SSSR count). The van der Waals surface area contributed by atoms with Gasteiger partial charge >= 0.3 is 23.9 Å². The van der Waals surface area contributed by atoms with Gasteiger partial charge in [0, 0.05) is 24.0 Å². The van der Waals surface area contributed by atoms with Gasteiger partial charge in [-0.2, -0.15) is 0 Å². The number of hydrogen-bond donors (Lipinski definition) is 0. The van der Waals surface area contributed by atoms with Crippen LogP contribution in [0.2, 0.25) is 0 Å². The molecule has 0 radical (unpaired) electrons. The predicted octanol–water partition coefficient (Wildman–Crippen LogP) is 1.40. The van der Waals surface area contributed by atoms with Crippen LogP contribution in [0.1, 0.15) is 33.1 Å². The van der Waals surface area contributed by atoms with Gasteiger partial charge in [-0.05, 0) is 20.3 Å². The zero-order chi connectivity index (χ0) is 17.8. The lowest BCUT2D eigenvalue weighted by Gasteiger charge is -2.07. The smallest absolute Gasteiger partial charge is 0.335 e. The number of esters is 4. The predicted molar refractivity (Wildman–Crippen MR) is 77.6 cm³/mol. The SMILES string of the molecule is C=C(C)C(=O)OCOC(=O)CCCC(=O)OCOC(=O)C(=C)C. The van der Waals surface area contributed by atoms with Crippen LogP contribution in [-0.2, 0) is 38.1 Å². The summed E-state index contributed by atoms with van der Waals surface area (Å²) >= 11 is 0. The quantitative estimate of drug-likeness (QED) is 0.336. The molecular weight excluding hydrogens is 308 g/mol. The Labute approximate surface area is 134 Å². The summed E-state index contributed by atoms with van der Waals surface area (Å²) in [5.41, 5.74) is 0.382. The van der Waals surface area contributed by atoms with Crippen LogP contribution < -0.4 is 0 Å². The van der Waals surface area contributed by atoms with Gasteiger partial charge in [0.1, 0.15) is 0 Å². The normalized spacial score (nSPS) is 9.48. The number of ether oxygens (including phenoxy) is 4. The zero-order valence-corrected chi connectivity index (χ0v) is 13.2. The van der Waals surface area contributed by atoms with Gasteiger partial charge in [-0.25, -0.2) is 9.59 Å². The van der Waals surface area contributed by atoms with E-state index in [9.17, 15) is 19.2 Å². The lowest BCUT2D eigenvalue weighted by Crippen LogP contribution is -2.14. The standard InChI is InChI=1S/C15H20O8/c1-10(2)14(18)22-8-20-12(16)6-5-7-13(17)21-9-23-15(19)11(3)4/h1,3,5-9H2,2,4H3.